The van der Waals surface area contributed by atoms with Gasteiger partial charge in [-0.15, -0.1) is 0 Å². The third-order valence-corrected chi connectivity index (χ3v) is 2.17. The standard InChI is InChI=1S/C12H17F2N3O/c1-8(7-18-2)17-12(15)16-6-9-3-10(13)5-11(14)4-9/h3-5,8H,6-7H2,1-2H3,(H3,15,16,17)/t8-/m1/s1. The van der Waals surface area contributed by atoms with Crippen LogP contribution in [0.5, 0.6) is 0 Å². The Morgan fingerprint density at radius 1 is 1.39 bits per heavy atom. The molecule has 0 bridgehead atoms. The number of halogens is 2. The predicted octanol–water partition coefficient (Wildman–Crippen LogP) is 1.40. The highest BCUT2D eigenvalue weighted by Gasteiger charge is 2.03. The Kier molecular flexibility index (Phi) is 5.51. The van der Waals surface area contributed by atoms with Crippen LogP contribution in [0.3, 0.4) is 0 Å². The normalized spacial score (nSPS) is 13.4. The number of rotatable bonds is 5. The van der Waals surface area contributed by atoms with Gasteiger partial charge in [0.2, 0.25) is 0 Å². The molecule has 0 radical (unpaired) electrons. The van der Waals surface area contributed by atoms with E-state index in [1.165, 1.54) is 12.1 Å². The molecule has 1 atom stereocenters. The summed E-state index contributed by atoms with van der Waals surface area (Å²) < 4.78 is 30.7. The molecule has 0 heterocycles. The van der Waals surface area contributed by atoms with Crippen molar-refractivity contribution < 1.29 is 13.5 Å². The Morgan fingerprint density at radius 3 is 2.56 bits per heavy atom. The molecule has 0 aromatic heterocycles. The van der Waals surface area contributed by atoms with E-state index in [1.54, 1.807) is 7.11 Å². The van der Waals surface area contributed by atoms with Gasteiger partial charge in [0.05, 0.1) is 13.2 Å². The molecule has 0 spiro atoms. The summed E-state index contributed by atoms with van der Waals surface area (Å²) in [5.74, 6) is -1.04. The summed E-state index contributed by atoms with van der Waals surface area (Å²) in [6, 6.07) is 3.27. The van der Waals surface area contributed by atoms with Crippen molar-refractivity contribution >= 4 is 5.96 Å². The zero-order chi connectivity index (χ0) is 13.5. The maximum atomic E-state index is 12.9. The first-order valence-electron chi connectivity index (χ1n) is 5.51. The number of aliphatic imine (C=N–C) groups is 1. The lowest BCUT2D eigenvalue weighted by molar-refractivity contribution is 0.179. The first kappa shape index (κ1) is 14.4. The number of hydrogen-bond acceptors (Lipinski definition) is 2. The average Bonchev–Trinajstić information content (AvgIpc) is 2.25. The van der Waals surface area contributed by atoms with Gasteiger partial charge in [0.15, 0.2) is 5.96 Å². The van der Waals surface area contributed by atoms with Crippen LogP contribution in [-0.4, -0.2) is 25.7 Å². The minimum absolute atomic E-state index is 0.0167. The van der Waals surface area contributed by atoms with Gasteiger partial charge in [-0.25, -0.2) is 13.8 Å². The fourth-order valence-corrected chi connectivity index (χ4v) is 1.47. The molecule has 0 aliphatic carbocycles. The van der Waals surface area contributed by atoms with Gasteiger partial charge in [0.25, 0.3) is 0 Å². The average molecular weight is 257 g/mol. The minimum atomic E-state index is -0.625. The molecule has 3 N–H and O–H groups in total. The second-order valence-corrected chi connectivity index (χ2v) is 3.98. The summed E-state index contributed by atoms with van der Waals surface area (Å²) in [6.45, 7) is 2.49. The molecular formula is C12H17F2N3O. The molecule has 0 aliphatic heterocycles. The summed E-state index contributed by atoms with van der Waals surface area (Å²) in [5, 5.41) is 2.90. The van der Waals surface area contributed by atoms with Crippen LogP contribution in [0.2, 0.25) is 0 Å². The minimum Gasteiger partial charge on any atom is -0.383 e. The first-order chi connectivity index (χ1) is 8.51. The van der Waals surface area contributed by atoms with E-state index < -0.39 is 11.6 Å². The van der Waals surface area contributed by atoms with Crippen LogP contribution in [0.1, 0.15) is 12.5 Å². The van der Waals surface area contributed by atoms with Crippen LogP contribution >= 0.6 is 0 Å². The van der Waals surface area contributed by atoms with E-state index in [-0.39, 0.29) is 18.5 Å². The number of benzene rings is 1. The van der Waals surface area contributed by atoms with Crippen LogP contribution in [0.15, 0.2) is 23.2 Å². The van der Waals surface area contributed by atoms with Gasteiger partial charge in [0, 0.05) is 19.2 Å². The summed E-state index contributed by atoms with van der Waals surface area (Å²) >= 11 is 0. The SMILES string of the molecule is COC[C@@H](C)NC(N)=NCc1cc(F)cc(F)c1. The van der Waals surface area contributed by atoms with E-state index in [9.17, 15) is 8.78 Å². The largest absolute Gasteiger partial charge is 0.383 e. The number of methoxy groups -OCH3 is 1. The molecule has 4 nitrogen and oxygen atoms in total. The maximum absolute atomic E-state index is 12.9. The lowest BCUT2D eigenvalue weighted by Crippen LogP contribution is -2.40. The molecule has 18 heavy (non-hydrogen) atoms. The van der Waals surface area contributed by atoms with Gasteiger partial charge in [-0.1, -0.05) is 0 Å². The van der Waals surface area contributed by atoms with Crippen molar-refractivity contribution in [3.63, 3.8) is 0 Å². The van der Waals surface area contributed by atoms with Crippen molar-refractivity contribution in [1.29, 1.82) is 0 Å². The van der Waals surface area contributed by atoms with Gasteiger partial charge in [-0.05, 0) is 24.6 Å². The van der Waals surface area contributed by atoms with E-state index in [4.69, 9.17) is 10.5 Å². The Hall–Kier alpha value is -1.69. The highest BCUT2D eigenvalue weighted by Crippen LogP contribution is 2.08. The van der Waals surface area contributed by atoms with Crippen molar-refractivity contribution in [1.82, 2.24) is 5.32 Å². The van der Waals surface area contributed by atoms with E-state index in [2.05, 4.69) is 10.3 Å². The van der Waals surface area contributed by atoms with Gasteiger partial charge in [0.1, 0.15) is 11.6 Å². The van der Waals surface area contributed by atoms with E-state index >= 15 is 0 Å². The molecule has 0 fully saturated rings. The van der Waals surface area contributed by atoms with Gasteiger partial charge in [-0.2, -0.15) is 0 Å². The Balaban J connectivity index is 2.56. The van der Waals surface area contributed by atoms with E-state index in [0.29, 0.717) is 12.2 Å². The summed E-state index contributed by atoms with van der Waals surface area (Å²) in [4.78, 5) is 3.99. The topological polar surface area (TPSA) is 59.6 Å². The van der Waals surface area contributed by atoms with Crippen molar-refractivity contribution in [3.8, 4) is 0 Å². The molecule has 0 saturated heterocycles. The fourth-order valence-electron chi connectivity index (χ4n) is 1.47. The zero-order valence-electron chi connectivity index (χ0n) is 10.4. The second kappa shape index (κ2) is 6.90. The number of hydrogen-bond donors (Lipinski definition) is 2. The van der Waals surface area contributed by atoms with E-state index in [0.717, 1.165) is 6.07 Å². The number of ether oxygens (including phenoxy) is 1. The smallest absolute Gasteiger partial charge is 0.189 e. The molecule has 100 valence electrons. The Labute approximate surface area is 105 Å². The summed E-state index contributed by atoms with van der Waals surface area (Å²) in [5.41, 5.74) is 6.05. The predicted molar refractivity (Wildman–Crippen MR) is 66.2 cm³/mol. The van der Waals surface area contributed by atoms with Crippen LogP contribution < -0.4 is 11.1 Å². The highest BCUT2D eigenvalue weighted by molar-refractivity contribution is 5.78. The summed E-state index contributed by atoms with van der Waals surface area (Å²) in [7, 11) is 1.58. The quantitative estimate of drug-likeness (QED) is 0.619. The lowest BCUT2D eigenvalue weighted by Gasteiger charge is -2.13. The van der Waals surface area contributed by atoms with Crippen LogP contribution in [0, 0.1) is 11.6 Å². The summed E-state index contributed by atoms with van der Waals surface area (Å²) in [6.07, 6.45) is 0. The van der Waals surface area contributed by atoms with E-state index in [1.807, 2.05) is 6.92 Å². The van der Waals surface area contributed by atoms with Gasteiger partial charge >= 0.3 is 0 Å². The number of nitrogens with one attached hydrogen (secondary N) is 1. The lowest BCUT2D eigenvalue weighted by atomic mass is 10.2. The van der Waals surface area contributed by atoms with Crippen LogP contribution in [-0.2, 0) is 11.3 Å². The molecule has 1 rings (SSSR count). The molecule has 0 saturated carbocycles. The van der Waals surface area contributed by atoms with Crippen molar-refractivity contribution in [2.24, 2.45) is 10.7 Å². The molecule has 1 aromatic carbocycles. The van der Waals surface area contributed by atoms with Gasteiger partial charge in [-0.3, -0.25) is 0 Å². The number of guanidine groups is 1. The van der Waals surface area contributed by atoms with Crippen LogP contribution in [0.4, 0.5) is 8.78 Å². The molecular weight excluding hydrogens is 240 g/mol. The van der Waals surface area contributed by atoms with Gasteiger partial charge < -0.3 is 15.8 Å². The Morgan fingerprint density at radius 2 is 2.00 bits per heavy atom. The van der Waals surface area contributed by atoms with Crippen molar-refractivity contribution in [3.05, 3.63) is 35.4 Å². The highest BCUT2D eigenvalue weighted by atomic mass is 19.1. The van der Waals surface area contributed by atoms with Crippen molar-refractivity contribution in [2.75, 3.05) is 13.7 Å². The molecule has 0 aliphatic rings. The number of nitrogens with zero attached hydrogens (tertiary/aromatic N) is 1. The third kappa shape index (κ3) is 5.09. The molecule has 0 unspecified atom stereocenters. The third-order valence-electron chi connectivity index (χ3n) is 2.17. The number of nitrogens with two attached hydrogens (primary N) is 1. The maximum Gasteiger partial charge on any atom is 0.189 e. The Bertz CT molecular complexity index is 404. The van der Waals surface area contributed by atoms with Crippen molar-refractivity contribution in [2.45, 2.75) is 19.5 Å². The molecule has 1 aromatic rings. The first-order valence-corrected chi connectivity index (χ1v) is 5.51. The fraction of sp³-hybridized carbons (Fsp3) is 0.417. The zero-order valence-corrected chi connectivity index (χ0v) is 10.4. The van der Waals surface area contributed by atoms with Crippen LogP contribution in [0.25, 0.3) is 0 Å². The molecule has 6 heteroatoms. The second-order valence-electron chi connectivity index (χ2n) is 3.98. The monoisotopic (exact) mass is 257 g/mol. The molecule has 0 amide bonds.